The third-order valence-corrected chi connectivity index (χ3v) is 3.50. The lowest BCUT2D eigenvalue weighted by molar-refractivity contribution is 0.0470. The van der Waals surface area contributed by atoms with Crippen LogP contribution in [0.5, 0.6) is 11.5 Å². The number of hydrogen-bond acceptors (Lipinski definition) is 6. The molecule has 1 N–H and O–H groups in total. The van der Waals surface area contributed by atoms with Crippen LogP contribution in [-0.2, 0) is 11.3 Å². The van der Waals surface area contributed by atoms with E-state index in [1.807, 2.05) is 0 Å². The van der Waals surface area contributed by atoms with Gasteiger partial charge in [0.1, 0.15) is 29.3 Å². The number of esters is 1. The van der Waals surface area contributed by atoms with E-state index in [0.29, 0.717) is 22.3 Å². The minimum atomic E-state index is -0.587. The molecule has 0 radical (unpaired) electrons. The van der Waals surface area contributed by atoms with Gasteiger partial charge in [-0.25, -0.2) is 9.59 Å². The Balaban J connectivity index is 1.88. The zero-order valence-corrected chi connectivity index (χ0v) is 12.8. The predicted molar refractivity (Wildman–Crippen MR) is 86.3 cm³/mol. The van der Waals surface area contributed by atoms with Crippen LogP contribution in [0.4, 0.5) is 0 Å². The number of carbonyl (C=O) groups is 1. The fraction of sp³-hybridized carbons (Fsp3) is 0.111. The molecule has 0 amide bonds. The Kier molecular flexibility index (Phi) is 4.20. The molecule has 0 atom stereocenters. The lowest BCUT2D eigenvalue weighted by Crippen LogP contribution is -2.09. The maximum Gasteiger partial charge on any atom is 0.342 e. The number of carbonyl (C=O) groups excluding carboxylic acids is 1. The highest BCUT2D eigenvalue weighted by atomic mass is 16.5. The van der Waals surface area contributed by atoms with Crippen molar-refractivity contribution in [3.05, 3.63) is 70.1 Å². The molecule has 3 aromatic rings. The molecule has 1 heterocycles. The number of para-hydroxylation sites is 1. The maximum atomic E-state index is 12.2. The monoisotopic (exact) mass is 326 g/mol. The Labute approximate surface area is 136 Å². The average molecular weight is 326 g/mol. The van der Waals surface area contributed by atoms with Crippen molar-refractivity contribution in [1.82, 2.24) is 0 Å². The van der Waals surface area contributed by atoms with Crippen LogP contribution in [0.15, 0.2) is 57.7 Å². The van der Waals surface area contributed by atoms with Crippen molar-refractivity contribution < 1.29 is 23.8 Å². The van der Waals surface area contributed by atoms with Crippen LogP contribution in [-0.4, -0.2) is 18.2 Å². The van der Waals surface area contributed by atoms with E-state index in [1.165, 1.54) is 25.3 Å². The number of phenols is 1. The van der Waals surface area contributed by atoms with Crippen LogP contribution in [0.3, 0.4) is 0 Å². The van der Waals surface area contributed by atoms with Crippen molar-refractivity contribution in [2.75, 3.05) is 7.11 Å². The van der Waals surface area contributed by atoms with Gasteiger partial charge in [-0.3, -0.25) is 0 Å². The summed E-state index contributed by atoms with van der Waals surface area (Å²) in [7, 11) is 1.47. The quantitative estimate of drug-likeness (QED) is 0.586. The smallest absolute Gasteiger partial charge is 0.342 e. The fourth-order valence-electron chi connectivity index (χ4n) is 2.37. The molecular formula is C18H14O6. The van der Waals surface area contributed by atoms with Gasteiger partial charge < -0.3 is 19.0 Å². The minimum absolute atomic E-state index is 0.0196. The minimum Gasteiger partial charge on any atom is -0.508 e. The normalized spacial score (nSPS) is 10.5. The van der Waals surface area contributed by atoms with Gasteiger partial charge in [0, 0.05) is 23.1 Å². The second-order valence-corrected chi connectivity index (χ2v) is 5.05. The highest BCUT2D eigenvalue weighted by Crippen LogP contribution is 2.23. The van der Waals surface area contributed by atoms with Crippen molar-refractivity contribution in [2.45, 2.75) is 6.61 Å². The molecule has 6 heteroatoms. The summed E-state index contributed by atoms with van der Waals surface area (Å²) in [6, 6.07) is 12.4. The van der Waals surface area contributed by atoms with Crippen molar-refractivity contribution in [1.29, 1.82) is 0 Å². The Bertz CT molecular complexity index is 957. The number of ether oxygens (including phenoxy) is 2. The van der Waals surface area contributed by atoms with Gasteiger partial charge in [0.05, 0.1) is 7.11 Å². The number of methoxy groups -OCH3 is 1. The van der Waals surface area contributed by atoms with E-state index < -0.39 is 11.6 Å². The summed E-state index contributed by atoms with van der Waals surface area (Å²) in [6.45, 7) is -0.107. The van der Waals surface area contributed by atoms with Crippen LogP contribution in [0.25, 0.3) is 11.0 Å². The molecule has 0 spiro atoms. The highest BCUT2D eigenvalue weighted by molar-refractivity contribution is 5.92. The first kappa shape index (κ1) is 15.6. The summed E-state index contributed by atoms with van der Waals surface area (Å²) < 4.78 is 15.5. The Morgan fingerprint density at radius 2 is 1.96 bits per heavy atom. The van der Waals surface area contributed by atoms with Crippen LogP contribution in [0.2, 0.25) is 0 Å². The number of phenolic OH excluding ortho intramolecular Hbond substituents is 1. The van der Waals surface area contributed by atoms with Gasteiger partial charge in [-0.2, -0.15) is 0 Å². The van der Waals surface area contributed by atoms with E-state index in [0.717, 1.165) is 0 Å². The van der Waals surface area contributed by atoms with Crippen molar-refractivity contribution in [2.24, 2.45) is 0 Å². The highest BCUT2D eigenvalue weighted by Gasteiger charge is 2.14. The largest absolute Gasteiger partial charge is 0.508 e. The second-order valence-electron chi connectivity index (χ2n) is 5.05. The molecule has 2 aromatic carbocycles. The first-order valence-electron chi connectivity index (χ1n) is 7.14. The SMILES string of the molecule is COc1ccccc1C(=O)OCc1cc(=O)oc2cc(O)ccc12. The van der Waals surface area contributed by atoms with E-state index in [2.05, 4.69) is 0 Å². The first-order chi connectivity index (χ1) is 11.6. The molecule has 0 saturated heterocycles. The van der Waals surface area contributed by atoms with E-state index in [9.17, 15) is 14.7 Å². The van der Waals surface area contributed by atoms with Gasteiger partial charge >= 0.3 is 11.6 Å². The zero-order chi connectivity index (χ0) is 17.1. The number of fused-ring (bicyclic) bond motifs is 1. The van der Waals surface area contributed by atoms with Gasteiger partial charge in [-0.1, -0.05) is 12.1 Å². The van der Waals surface area contributed by atoms with Crippen LogP contribution in [0.1, 0.15) is 15.9 Å². The summed E-state index contributed by atoms with van der Waals surface area (Å²) >= 11 is 0. The molecule has 0 aliphatic rings. The van der Waals surface area contributed by atoms with Crippen molar-refractivity contribution >= 4 is 16.9 Å². The molecule has 3 rings (SSSR count). The number of rotatable bonds is 4. The molecule has 0 fully saturated rings. The van der Waals surface area contributed by atoms with Crippen LogP contribution < -0.4 is 10.4 Å². The summed E-state index contributed by atoms with van der Waals surface area (Å²) in [5.74, 6) is -0.175. The summed E-state index contributed by atoms with van der Waals surface area (Å²) in [5.41, 5.74) is 0.427. The number of benzene rings is 2. The second kappa shape index (κ2) is 6.45. The predicted octanol–water partition coefficient (Wildman–Crippen LogP) is 2.86. The van der Waals surface area contributed by atoms with Gasteiger partial charge in [-0.05, 0) is 24.3 Å². The maximum absolute atomic E-state index is 12.2. The molecule has 1 aromatic heterocycles. The third-order valence-electron chi connectivity index (χ3n) is 3.50. The summed E-state index contributed by atoms with van der Waals surface area (Å²) in [4.78, 5) is 23.9. The van der Waals surface area contributed by atoms with Gasteiger partial charge in [-0.15, -0.1) is 0 Å². The van der Waals surface area contributed by atoms with E-state index in [4.69, 9.17) is 13.9 Å². The number of aromatic hydroxyl groups is 1. The molecule has 0 unspecified atom stereocenters. The molecular weight excluding hydrogens is 312 g/mol. The molecule has 122 valence electrons. The third kappa shape index (κ3) is 3.08. The lowest BCUT2D eigenvalue weighted by Gasteiger charge is -2.09. The van der Waals surface area contributed by atoms with E-state index in [1.54, 1.807) is 30.3 Å². The standard InChI is InChI=1S/C18H14O6/c1-22-15-5-3-2-4-14(15)18(21)23-10-11-8-17(20)24-16-9-12(19)6-7-13(11)16/h2-9,19H,10H2,1H3. The Morgan fingerprint density at radius 1 is 1.17 bits per heavy atom. The van der Waals surface area contributed by atoms with E-state index in [-0.39, 0.29) is 17.9 Å². The van der Waals surface area contributed by atoms with Gasteiger partial charge in [0.25, 0.3) is 0 Å². The van der Waals surface area contributed by atoms with Crippen LogP contribution >= 0.6 is 0 Å². The molecule has 0 aliphatic carbocycles. The molecule has 6 nitrogen and oxygen atoms in total. The summed E-state index contributed by atoms with van der Waals surface area (Å²) in [6.07, 6.45) is 0. The Hall–Kier alpha value is -3.28. The molecule has 0 bridgehead atoms. The molecule has 24 heavy (non-hydrogen) atoms. The summed E-state index contributed by atoms with van der Waals surface area (Å²) in [5, 5.41) is 10.1. The first-order valence-corrected chi connectivity index (χ1v) is 7.14. The van der Waals surface area contributed by atoms with Crippen molar-refractivity contribution in [3.63, 3.8) is 0 Å². The van der Waals surface area contributed by atoms with Crippen LogP contribution in [0, 0.1) is 0 Å². The number of hydrogen-bond donors (Lipinski definition) is 1. The Morgan fingerprint density at radius 3 is 2.75 bits per heavy atom. The van der Waals surface area contributed by atoms with E-state index >= 15 is 0 Å². The fourth-order valence-corrected chi connectivity index (χ4v) is 2.37. The zero-order valence-electron chi connectivity index (χ0n) is 12.8. The topological polar surface area (TPSA) is 86.0 Å². The molecule has 0 saturated carbocycles. The van der Waals surface area contributed by atoms with Gasteiger partial charge in [0.15, 0.2) is 0 Å². The van der Waals surface area contributed by atoms with Crippen molar-refractivity contribution in [3.8, 4) is 11.5 Å². The molecule has 0 aliphatic heterocycles. The van der Waals surface area contributed by atoms with Gasteiger partial charge in [0.2, 0.25) is 0 Å². The average Bonchev–Trinajstić information content (AvgIpc) is 2.58. The lowest BCUT2D eigenvalue weighted by atomic mass is 10.1.